The maximum Gasteiger partial charge on any atom is 0.224 e. The Morgan fingerprint density at radius 2 is 1.76 bits per heavy atom. The van der Waals surface area contributed by atoms with Gasteiger partial charge in [0.25, 0.3) is 0 Å². The minimum atomic E-state index is 0.448. The third-order valence-corrected chi connectivity index (χ3v) is 2.97. The Balaban J connectivity index is 1.88. The van der Waals surface area contributed by atoms with Crippen LogP contribution >= 0.6 is 0 Å². The fourth-order valence-electron chi connectivity index (χ4n) is 1.87. The Kier molecular flexibility index (Phi) is 3.73. The molecule has 21 heavy (non-hydrogen) atoms. The van der Waals surface area contributed by atoms with E-state index >= 15 is 0 Å². The van der Waals surface area contributed by atoms with E-state index in [0.29, 0.717) is 11.5 Å². The summed E-state index contributed by atoms with van der Waals surface area (Å²) in [7, 11) is 1.63. The summed E-state index contributed by atoms with van der Waals surface area (Å²) >= 11 is 0. The fraction of sp³-hybridized carbons (Fsp3) is 0.0625. The van der Waals surface area contributed by atoms with E-state index < -0.39 is 0 Å². The fourth-order valence-corrected chi connectivity index (χ4v) is 1.87. The predicted molar refractivity (Wildman–Crippen MR) is 80.0 cm³/mol. The monoisotopic (exact) mass is 279 g/mol. The number of nitrogens with zero attached hydrogens (tertiary/aromatic N) is 3. The van der Waals surface area contributed by atoms with Gasteiger partial charge in [0.2, 0.25) is 5.82 Å². The van der Waals surface area contributed by atoms with Gasteiger partial charge in [0, 0.05) is 11.8 Å². The lowest BCUT2D eigenvalue weighted by atomic mass is 10.1. The average Bonchev–Trinajstić information content (AvgIpc) is 3.02. The Morgan fingerprint density at radius 1 is 1.00 bits per heavy atom. The molecule has 0 atom stereocenters. The number of hydrogen-bond donors (Lipinski definition) is 0. The molecule has 0 N–H and O–H groups in total. The largest absolute Gasteiger partial charge is 0.497 e. The molecule has 1 heterocycles. The van der Waals surface area contributed by atoms with E-state index in [1.807, 2.05) is 54.6 Å². The second-order valence-electron chi connectivity index (χ2n) is 4.33. The summed E-state index contributed by atoms with van der Waals surface area (Å²) in [6.07, 6.45) is 1.73. The lowest BCUT2D eigenvalue weighted by Crippen LogP contribution is -1.84. The first-order chi connectivity index (χ1) is 10.4. The van der Waals surface area contributed by atoms with Gasteiger partial charge in [-0.15, -0.1) is 0 Å². The second kappa shape index (κ2) is 6.00. The number of benzene rings is 2. The molecule has 5 nitrogen and oxygen atoms in total. The van der Waals surface area contributed by atoms with Crippen LogP contribution in [0.15, 0.2) is 64.2 Å². The molecule has 5 heteroatoms. The molecule has 0 bridgehead atoms. The highest BCUT2D eigenvalue weighted by Crippen LogP contribution is 2.27. The molecule has 0 aliphatic rings. The van der Waals surface area contributed by atoms with Gasteiger partial charge in [0.1, 0.15) is 5.75 Å². The Bertz CT molecular complexity index is 734. The Morgan fingerprint density at radius 3 is 2.48 bits per heavy atom. The van der Waals surface area contributed by atoms with Gasteiger partial charge in [-0.3, -0.25) is 0 Å². The number of ether oxygens (including phenoxy) is 1. The molecule has 0 saturated heterocycles. The highest BCUT2D eigenvalue weighted by Gasteiger charge is 2.11. The zero-order valence-electron chi connectivity index (χ0n) is 11.4. The van der Waals surface area contributed by atoms with Crippen molar-refractivity contribution in [2.75, 3.05) is 7.11 Å². The van der Waals surface area contributed by atoms with Crippen LogP contribution in [0.4, 0.5) is 5.82 Å². The zero-order valence-corrected chi connectivity index (χ0v) is 11.4. The maximum absolute atomic E-state index is 5.13. The van der Waals surface area contributed by atoms with Crippen molar-refractivity contribution in [1.29, 1.82) is 0 Å². The van der Waals surface area contributed by atoms with E-state index in [1.54, 1.807) is 13.3 Å². The van der Waals surface area contributed by atoms with Crippen LogP contribution in [-0.4, -0.2) is 23.6 Å². The van der Waals surface area contributed by atoms with E-state index in [9.17, 15) is 0 Å². The number of aromatic nitrogens is 2. The molecule has 0 amide bonds. The standard InChI is InChI=1S/C16H13N3O2/c1-20-14-9-7-13(8-10-14)15-16(19-21-18-15)17-11-12-5-3-2-4-6-12/h2-11H,1H3. The number of rotatable bonds is 4. The van der Waals surface area contributed by atoms with Crippen molar-refractivity contribution in [3.63, 3.8) is 0 Å². The molecule has 3 aromatic rings. The highest BCUT2D eigenvalue weighted by molar-refractivity contribution is 5.83. The molecule has 2 aromatic carbocycles. The van der Waals surface area contributed by atoms with Gasteiger partial charge >= 0.3 is 0 Å². The third-order valence-electron chi connectivity index (χ3n) is 2.97. The van der Waals surface area contributed by atoms with Gasteiger partial charge in [-0.1, -0.05) is 30.3 Å². The molecular weight excluding hydrogens is 266 g/mol. The van der Waals surface area contributed by atoms with Crippen LogP contribution in [0.25, 0.3) is 11.3 Å². The van der Waals surface area contributed by atoms with Gasteiger partial charge in [0.15, 0.2) is 5.69 Å². The maximum atomic E-state index is 5.13. The Labute approximate surface area is 121 Å². The van der Waals surface area contributed by atoms with Crippen LogP contribution in [0.5, 0.6) is 5.75 Å². The first kappa shape index (κ1) is 13.1. The SMILES string of the molecule is COc1ccc(-c2nonc2N=Cc2ccccc2)cc1. The summed E-state index contributed by atoms with van der Waals surface area (Å²) in [6.45, 7) is 0. The predicted octanol–water partition coefficient (Wildman–Crippen LogP) is 3.50. The summed E-state index contributed by atoms with van der Waals surface area (Å²) in [6, 6.07) is 17.3. The van der Waals surface area contributed by atoms with Gasteiger partial charge in [-0.25, -0.2) is 9.62 Å². The van der Waals surface area contributed by atoms with Crippen molar-refractivity contribution in [2.24, 2.45) is 4.99 Å². The van der Waals surface area contributed by atoms with Crippen LogP contribution in [0.1, 0.15) is 5.56 Å². The van der Waals surface area contributed by atoms with Crippen LogP contribution in [0, 0.1) is 0 Å². The molecule has 0 radical (unpaired) electrons. The van der Waals surface area contributed by atoms with Crippen molar-refractivity contribution in [1.82, 2.24) is 10.3 Å². The molecule has 0 aliphatic carbocycles. The number of methoxy groups -OCH3 is 1. The van der Waals surface area contributed by atoms with Crippen LogP contribution < -0.4 is 4.74 Å². The second-order valence-corrected chi connectivity index (χ2v) is 4.33. The molecule has 104 valence electrons. The van der Waals surface area contributed by atoms with Crippen LogP contribution in [-0.2, 0) is 0 Å². The van der Waals surface area contributed by atoms with Crippen LogP contribution in [0.3, 0.4) is 0 Å². The summed E-state index contributed by atoms with van der Waals surface area (Å²) in [5.74, 6) is 1.23. The summed E-state index contributed by atoms with van der Waals surface area (Å²) < 4.78 is 9.93. The topological polar surface area (TPSA) is 60.5 Å². The van der Waals surface area contributed by atoms with Crippen molar-refractivity contribution in [3.05, 3.63) is 60.2 Å². The van der Waals surface area contributed by atoms with Crippen molar-refractivity contribution < 1.29 is 9.37 Å². The Hall–Kier alpha value is -2.95. The minimum Gasteiger partial charge on any atom is -0.497 e. The average molecular weight is 279 g/mol. The van der Waals surface area contributed by atoms with Gasteiger partial charge in [0.05, 0.1) is 7.11 Å². The van der Waals surface area contributed by atoms with E-state index in [-0.39, 0.29) is 0 Å². The molecule has 0 aliphatic heterocycles. The van der Waals surface area contributed by atoms with E-state index in [1.165, 1.54) is 0 Å². The third kappa shape index (κ3) is 2.97. The van der Waals surface area contributed by atoms with Gasteiger partial charge < -0.3 is 4.74 Å². The first-order valence-electron chi connectivity index (χ1n) is 6.43. The van der Waals surface area contributed by atoms with E-state index in [2.05, 4.69) is 15.3 Å². The molecule has 0 saturated carbocycles. The molecule has 3 rings (SSSR count). The van der Waals surface area contributed by atoms with E-state index in [4.69, 9.17) is 9.37 Å². The molecule has 0 spiro atoms. The van der Waals surface area contributed by atoms with Crippen molar-refractivity contribution in [3.8, 4) is 17.0 Å². The molecule has 0 fully saturated rings. The first-order valence-corrected chi connectivity index (χ1v) is 6.43. The van der Waals surface area contributed by atoms with E-state index in [0.717, 1.165) is 16.9 Å². The van der Waals surface area contributed by atoms with Crippen molar-refractivity contribution >= 4 is 12.0 Å². The lowest BCUT2D eigenvalue weighted by Gasteiger charge is -2.00. The van der Waals surface area contributed by atoms with Gasteiger partial charge in [-0.05, 0) is 40.1 Å². The molecular formula is C16H13N3O2. The highest BCUT2D eigenvalue weighted by atomic mass is 16.6. The number of aliphatic imine (C=N–C) groups is 1. The summed E-state index contributed by atoms with van der Waals surface area (Å²) in [5, 5.41) is 7.75. The molecule has 1 aromatic heterocycles. The minimum absolute atomic E-state index is 0.448. The number of hydrogen-bond acceptors (Lipinski definition) is 5. The molecule has 0 unspecified atom stereocenters. The van der Waals surface area contributed by atoms with Crippen molar-refractivity contribution in [2.45, 2.75) is 0 Å². The smallest absolute Gasteiger partial charge is 0.224 e. The lowest BCUT2D eigenvalue weighted by molar-refractivity contribution is 0.310. The van der Waals surface area contributed by atoms with Gasteiger partial charge in [-0.2, -0.15) is 0 Å². The van der Waals surface area contributed by atoms with Crippen LogP contribution in [0.2, 0.25) is 0 Å². The summed E-state index contributed by atoms with van der Waals surface area (Å²) in [5.41, 5.74) is 2.46. The summed E-state index contributed by atoms with van der Waals surface area (Å²) in [4.78, 5) is 4.33. The quantitative estimate of drug-likeness (QED) is 0.686. The normalized spacial score (nSPS) is 10.9. The zero-order chi connectivity index (χ0) is 14.5.